The summed E-state index contributed by atoms with van der Waals surface area (Å²) in [6, 6.07) is 5.19. The van der Waals surface area contributed by atoms with E-state index >= 15 is 0 Å². The monoisotopic (exact) mass is 235 g/mol. The van der Waals surface area contributed by atoms with Crippen LogP contribution in [0, 0.1) is 0 Å². The maximum absolute atomic E-state index is 11.5. The summed E-state index contributed by atoms with van der Waals surface area (Å²) in [5.41, 5.74) is 0.553. The van der Waals surface area contributed by atoms with Gasteiger partial charge in [0, 0.05) is 5.75 Å². The lowest BCUT2D eigenvalue weighted by atomic mass is 10.1. The molecular weight excluding hydrogens is 226 g/mol. The molecule has 0 unspecified atom stereocenters. The van der Waals surface area contributed by atoms with Gasteiger partial charge in [-0.1, -0.05) is 24.3 Å². The van der Waals surface area contributed by atoms with Crippen molar-refractivity contribution in [3.63, 3.8) is 0 Å². The summed E-state index contributed by atoms with van der Waals surface area (Å²) in [5.74, 6) is -0.168. The van der Waals surface area contributed by atoms with Crippen LogP contribution in [-0.2, 0) is 0 Å². The Balaban J connectivity index is 2.82. The lowest BCUT2D eigenvalue weighted by molar-refractivity contribution is 0.460. The predicted molar refractivity (Wildman–Crippen MR) is 66.0 cm³/mol. The van der Waals surface area contributed by atoms with Gasteiger partial charge >= 0.3 is 11.4 Å². The zero-order valence-corrected chi connectivity index (χ0v) is 9.16. The van der Waals surface area contributed by atoms with Gasteiger partial charge in [-0.05, 0) is 11.6 Å². The molecule has 1 aromatic heterocycles. The molecule has 0 fully saturated rings. The third-order valence-electron chi connectivity index (χ3n) is 2.13. The van der Waals surface area contributed by atoms with Gasteiger partial charge in [0.15, 0.2) is 0 Å². The molecule has 1 aromatic carbocycles. The Labute approximate surface area is 96.0 Å². The van der Waals surface area contributed by atoms with Crippen molar-refractivity contribution in [2.24, 2.45) is 0 Å². The first-order chi connectivity index (χ1) is 7.72. The van der Waals surface area contributed by atoms with E-state index in [1.54, 1.807) is 24.3 Å². The van der Waals surface area contributed by atoms with Crippen LogP contribution in [0.4, 0.5) is 0 Å². The molecular formula is C11H9NO3S. The molecule has 0 aliphatic carbocycles. The second-order valence-electron chi connectivity index (χ2n) is 3.16. The molecule has 2 aromatic rings. The van der Waals surface area contributed by atoms with Crippen LogP contribution in [0.5, 0.6) is 0 Å². The number of rotatable bonds is 2. The van der Waals surface area contributed by atoms with Gasteiger partial charge in [0.25, 0.3) is 0 Å². The Kier molecular flexibility index (Phi) is 2.96. The number of hydrogen-bond donors (Lipinski definition) is 2. The molecule has 4 nitrogen and oxygen atoms in total. The van der Waals surface area contributed by atoms with Crippen molar-refractivity contribution in [3.8, 4) is 0 Å². The van der Waals surface area contributed by atoms with Crippen LogP contribution in [0.2, 0.25) is 0 Å². The van der Waals surface area contributed by atoms with Gasteiger partial charge in [0.05, 0.1) is 10.9 Å². The molecule has 2 rings (SSSR count). The lowest BCUT2D eigenvalue weighted by Crippen LogP contribution is -2.15. The second-order valence-corrected chi connectivity index (χ2v) is 3.52. The summed E-state index contributed by atoms with van der Waals surface area (Å²) in [7, 11) is 0. The minimum absolute atomic E-state index is 0.375. The van der Waals surface area contributed by atoms with E-state index < -0.39 is 11.4 Å². The topological polar surface area (TPSA) is 63.1 Å². The Morgan fingerprint density at radius 2 is 2.19 bits per heavy atom. The van der Waals surface area contributed by atoms with Crippen LogP contribution in [0.25, 0.3) is 17.0 Å². The fraction of sp³-hybridized carbons (Fsp3) is 0.0909. The molecule has 1 heterocycles. The van der Waals surface area contributed by atoms with Gasteiger partial charge < -0.3 is 4.42 Å². The molecule has 0 saturated heterocycles. The maximum Gasteiger partial charge on any atom is 0.419 e. The quantitative estimate of drug-likeness (QED) is 0.774. The molecule has 0 amide bonds. The highest BCUT2D eigenvalue weighted by Gasteiger charge is 2.05. The first-order valence-electron chi connectivity index (χ1n) is 4.66. The summed E-state index contributed by atoms with van der Waals surface area (Å²) in [6.07, 6.45) is 3.58. The third kappa shape index (κ3) is 1.94. The van der Waals surface area contributed by atoms with Crippen LogP contribution < -0.4 is 11.4 Å². The van der Waals surface area contributed by atoms with Gasteiger partial charge in [-0.15, -0.1) is 0 Å². The second kappa shape index (κ2) is 4.40. The van der Waals surface area contributed by atoms with Crippen LogP contribution in [-0.4, -0.2) is 10.7 Å². The summed E-state index contributed by atoms with van der Waals surface area (Å²) in [6.45, 7) is 0. The summed E-state index contributed by atoms with van der Waals surface area (Å²) >= 11 is 4.04. The molecule has 0 saturated carbocycles. The third-order valence-corrected chi connectivity index (χ3v) is 2.34. The molecule has 1 N–H and O–H groups in total. The maximum atomic E-state index is 11.5. The number of hydrogen-bond acceptors (Lipinski definition) is 4. The molecule has 0 aliphatic rings. The van der Waals surface area contributed by atoms with Crippen molar-refractivity contribution < 1.29 is 4.42 Å². The molecule has 16 heavy (non-hydrogen) atoms. The van der Waals surface area contributed by atoms with Crippen molar-refractivity contribution in [3.05, 3.63) is 50.8 Å². The average molecular weight is 235 g/mol. The number of fused-ring (bicyclic) bond motifs is 1. The van der Waals surface area contributed by atoms with E-state index in [1.807, 2.05) is 6.08 Å². The fourth-order valence-corrected chi connectivity index (χ4v) is 1.60. The number of thiol groups is 1. The normalized spacial score (nSPS) is 11.3. The van der Waals surface area contributed by atoms with Gasteiger partial charge in [0.1, 0.15) is 0 Å². The highest BCUT2D eigenvalue weighted by molar-refractivity contribution is 7.80. The van der Waals surface area contributed by atoms with Crippen molar-refractivity contribution in [1.29, 1.82) is 0 Å². The van der Waals surface area contributed by atoms with Gasteiger partial charge in [-0.3, -0.25) is 4.98 Å². The van der Waals surface area contributed by atoms with E-state index in [4.69, 9.17) is 0 Å². The number of nitrogens with one attached hydrogen (secondary N) is 1. The fourth-order valence-electron chi connectivity index (χ4n) is 1.49. The molecule has 0 atom stereocenters. The van der Waals surface area contributed by atoms with E-state index in [2.05, 4.69) is 22.0 Å². The Bertz CT molecular complexity index is 654. The summed E-state index contributed by atoms with van der Waals surface area (Å²) in [5, 5.41) is 0.375. The predicted octanol–water partition coefficient (Wildman–Crippen LogP) is 1.42. The SMILES string of the molecule is O=c1[nH]c2cccc(C=CCS)c2c(=O)o1. The molecule has 0 radical (unpaired) electrons. The molecule has 0 spiro atoms. The first-order valence-corrected chi connectivity index (χ1v) is 5.29. The summed E-state index contributed by atoms with van der Waals surface area (Å²) < 4.78 is 4.49. The van der Waals surface area contributed by atoms with E-state index in [0.29, 0.717) is 22.2 Å². The van der Waals surface area contributed by atoms with E-state index in [0.717, 1.165) is 0 Å². The van der Waals surface area contributed by atoms with Gasteiger partial charge in [-0.2, -0.15) is 12.6 Å². The number of aromatic nitrogens is 1. The highest BCUT2D eigenvalue weighted by atomic mass is 32.1. The minimum Gasteiger partial charge on any atom is -0.372 e. The molecule has 82 valence electrons. The lowest BCUT2D eigenvalue weighted by Gasteiger charge is -1.99. The first kappa shape index (κ1) is 10.8. The van der Waals surface area contributed by atoms with Crippen LogP contribution in [0.15, 0.2) is 38.3 Å². The smallest absolute Gasteiger partial charge is 0.372 e. The van der Waals surface area contributed by atoms with Crippen LogP contribution in [0.1, 0.15) is 5.56 Å². The van der Waals surface area contributed by atoms with E-state index in [9.17, 15) is 9.59 Å². The minimum atomic E-state index is -0.743. The zero-order chi connectivity index (χ0) is 11.5. The summed E-state index contributed by atoms with van der Waals surface area (Å²) in [4.78, 5) is 25.0. The number of benzene rings is 1. The largest absolute Gasteiger partial charge is 0.419 e. The highest BCUT2D eigenvalue weighted by Crippen LogP contribution is 2.13. The van der Waals surface area contributed by atoms with Crippen molar-refractivity contribution in [2.75, 3.05) is 5.75 Å². The Morgan fingerprint density at radius 3 is 2.94 bits per heavy atom. The van der Waals surface area contributed by atoms with Gasteiger partial charge in [-0.25, -0.2) is 9.59 Å². The Hall–Kier alpha value is -1.75. The van der Waals surface area contributed by atoms with Crippen molar-refractivity contribution >= 4 is 29.6 Å². The van der Waals surface area contributed by atoms with Crippen LogP contribution >= 0.6 is 12.6 Å². The Morgan fingerprint density at radius 1 is 1.38 bits per heavy atom. The molecule has 5 heteroatoms. The number of H-pyrrole nitrogens is 1. The van der Waals surface area contributed by atoms with Crippen LogP contribution in [0.3, 0.4) is 0 Å². The number of aromatic amines is 1. The standard InChI is InChI=1S/C11H9NO3S/c13-10-9-7(4-2-6-16)3-1-5-8(9)12-11(14)15-10/h1-5,16H,6H2,(H,12,14). The van der Waals surface area contributed by atoms with Crippen molar-refractivity contribution in [1.82, 2.24) is 4.98 Å². The van der Waals surface area contributed by atoms with E-state index in [1.165, 1.54) is 0 Å². The molecule has 0 aliphatic heterocycles. The van der Waals surface area contributed by atoms with Crippen molar-refractivity contribution in [2.45, 2.75) is 0 Å². The molecule has 0 bridgehead atoms. The van der Waals surface area contributed by atoms with E-state index in [-0.39, 0.29) is 0 Å². The average Bonchev–Trinajstić information content (AvgIpc) is 2.25. The van der Waals surface area contributed by atoms with Gasteiger partial charge in [0.2, 0.25) is 0 Å². The zero-order valence-electron chi connectivity index (χ0n) is 8.27.